The van der Waals surface area contributed by atoms with E-state index in [-0.39, 0.29) is 11.6 Å². The highest BCUT2D eigenvalue weighted by Gasteiger charge is 2.15. The number of esters is 1. The van der Waals surface area contributed by atoms with Crippen molar-refractivity contribution < 1.29 is 14.3 Å². The van der Waals surface area contributed by atoms with Crippen LogP contribution in [0.5, 0.6) is 0 Å². The zero-order chi connectivity index (χ0) is 19.2. The lowest BCUT2D eigenvalue weighted by atomic mass is 10.1. The number of thiophene rings is 1. The van der Waals surface area contributed by atoms with Crippen molar-refractivity contribution in [1.82, 2.24) is 5.32 Å². The van der Waals surface area contributed by atoms with Crippen molar-refractivity contribution in [2.75, 3.05) is 12.8 Å². The number of anilines is 1. The summed E-state index contributed by atoms with van der Waals surface area (Å²) in [6.07, 6.45) is 1.60. The maximum absolute atomic E-state index is 12.4. The number of nitrogens with two attached hydrogens (primary N) is 1. The van der Waals surface area contributed by atoms with E-state index in [9.17, 15) is 9.59 Å². The highest BCUT2D eigenvalue weighted by Crippen LogP contribution is 2.32. The van der Waals surface area contributed by atoms with Crippen molar-refractivity contribution in [1.29, 1.82) is 0 Å². The van der Waals surface area contributed by atoms with E-state index in [1.54, 1.807) is 30.3 Å². The third kappa shape index (κ3) is 4.43. The molecule has 0 aliphatic carbocycles. The summed E-state index contributed by atoms with van der Waals surface area (Å²) in [7, 11) is 1.27. The van der Waals surface area contributed by atoms with E-state index in [2.05, 4.69) is 5.32 Å². The fourth-order valence-corrected chi connectivity index (χ4v) is 3.48. The number of nitrogens with one attached hydrogen (secondary N) is 1. The second kappa shape index (κ2) is 8.33. The van der Waals surface area contributed by atoms with Gasteiger partial charge in [-0.15, -0.1) is 11.3 Å². The predicted octanol–water partition coefficient (Wildman–Crippen LogP) is 3.94. The number of rotatable bonds is 5. The molecule has 0 atom stereocenters. The van der Waals surface area contributed by atoms with Gasteiger partial charge in [0.05, 0.1) is 7.11 Å². The summed E-state index contributed by atoms with van der Waals surface area (Å²) in [6, 6.07) is 20.0. The van der Waals surface area contributed by atoms with Crippen molar-refractivity contribution in [2.45, 2.75) is 0 Å². The molecule has 0 aliphatic heterocycles. The molecule has 3 N–H and O–H groups in total. The van der Waals surface area contributed by atoms with Gasteiger partial charge < -0.3 is 15.8 Å². The average molecular weight is 378 g/mol. The van der Waals surface area contributed by atoms with Gasteiger partial charge >= 0.3 is 5.97 Å². The monoisotopic (exact) mass is 378 g/mol. The van der Waals surface area contributed by atoms with Gasteiger partial charge in [-0.25, -0.2) is 4.79 Å². The fourth-order valence-electron chi connectivity index (χ4n) is 2.48. The Kier molecular flexibility index (Phi) is 5.68. The number of benzene rings is 2. The van der Waals surface area contributed by atoms with Gasteiger partial charge in [-0.05, 0) is 36.4 Å². The molecule has 1 aromatic heterocycles. The van der Waals surface area contributed by atoms with E-state index in [4.69, 9.17) is 10.5 Å². The summed E-state index contributed by atoms with van der Waals surface area (Å²) < 4.78 is 4.79. The van der Waals surface area contributed by atoms with Gasteiger partial charge in [0, 0.05) is 26.6 Å². The van der Waals surface area contributed by atoms with Crippen LogP contribution in [0.4, 0.5) is 5.69 Å². The van der Waals surface area contributed by atoms with Crippen LogP contribution in [0.1, 0.15) is 15.2 Å². The van der Waals surface area contributed by atoms with Crippen molar-refractivity contribution in [2.24, 2.45) is 0 Å². The van der Waals surface area contributed by atoms with Crippen molar-refractivity contribution in [3.8, 4) is 10.4 Å². The van der Waals surface area contributed by atoms with Gasteiger partial charge in [0.25, 0.3) is 5.91 Å². The number of carbonyl (C=O) groups is 2. The SMILES string of the molecule is COC(=O)/C(=C/c1ccc(-c2ccccc2N)s1)NC(=O)c1ccccc1. The third-order valence-electron chi connectivity index (χ3n) is 3.83. The lowest BCUT2D eigenvalue weighted by Gasteiger charge is -2.08. The van der Waals surface area contributed by atoms with Crippen LogP contribution in [-0.4, -0.2) is 19.0 Å². The molecule has 27 heavy (non-hydrogen) atoms. The van der Waals surface area contributed by atoms with E-state index in [1.807, 2.05) is 42.5 Å². The zero-order valence-corrected chi connectivity index (χ0v) is 15.5. The van der Waals surface area contributed by atoms with E-state index in [0.29, 0.717) is 11.3 Å². The molecule has 2 aromatic carbocycles. The summed E-state index contributed by atoms with van der Waals surface area (Å²) in [5.74, 6) is -0.996. The molecule has 6 heteroatoms. The van der Waals surface area contributed by atoms with E-state index < -0.39 is 5.97 Å². The molecule has 0 bridgehead atoms. The quantitative estimate of drug-likeness (QED) is 0.400. The molecule has 0 saturated heterocycles. The Bertz CT molecular complexity index is 993. The highest BCUT2D eigenvalue weighted by molar-refractivity contribution is 7.16. The summed E-state index contributed by atoms with van der Waals surface area (Å²) in [5.41, 5.74) is 8.16. The lowest BCUT2D eigenvalue weighted by molar-refractivity contribution is -0.136. The summed E-state index contributed by atoms with van der Waals surface area (Å²) in [6.45, 7) is 0. The molecule has 0 unspecified atom stereocenters. The minimum atomic E-state index is -0.617. The summed E-state index contributed by atoms with van der Waals surface area (Å²) in [5, 5.41) is 2.62. The van der Waals surface area contributed by atoms with Crippen molar-refractivity contribution in [3.63, 3.8) is 0 Å². The molecule has 136 valence electrons. The van der Waals surface area contributed by atoms with Crippen LogP contribution in [0.2, 0.25) is 0 Å². The van der Waals surface area contributed by atoms with Gasteiger partial charge in [-0.1, -0.05) is 36.4 Å². The summed E-state index contributed by atoms with van der Waals surface area (Å²) in [4.78, 5) is 26.2. The second-order valence-corrected chi connectivity index (χ2v) is 6.77. The van der Waals surface area contributed by atoms with E-state index >= 15 is 0 Å². The van der Waals surface area contributed by atoms with Crippen molar-refractivity contribution >= 4 is 35.0 Å². The number of ether oxygens (including phenoxy) is 1. The first kappa shape index (κ1) is 18.4. The van der Waals surface area contributed by atoms with Crippen LogP contribution in [-0.2, 0) is 9.53 Å². The van der Waals surface area contributed by atoms with Crippen LogP contribution in [0.25, 0.3) is 16.5 Å². The van der Waals surface area contributed by atoms with E-state index in [1.165, 1.54) is 18.4 Å². The van der Waals surface area contributed by atoms with E-state index in [0.717, 1.165) is 15.3 Å². The Morgan fingerprint density at radius 2 is 1.70 bits per heavy atom. The maximum Gasteiger partial charge on any atom is 0.354 e. The molecule has 0 radical (unpaired) electrons. The molecule has 1 amide bonds. The zero-order valence-electron chi connectivity index (χ0n) is 14.6. The van der Waals surface area contributed by atoms with Crippen LogP contribution in [0, 0.1) is 0 Å². The van der Waals surface area contributed by atoms with Gasteiger partial charge in [0.15, 0.2) is 0 Å². The van der Waals surface area contributed by atoms with Gasteiger partial charge in [-0.2, -0.15) is 0 Å². The van der Waals surface area contributed by atoms with Gasteiger partial charge in [0.2, 0.25) is 0 Å². The molecule has 0 spiro atoms. The smallest absolute Gasteiger partial charge is 0.354 e. The first-order chi connectivity index (χ1) is 13.1. The molecule has 0 fully saturated rings. The number of methoxy groups -OCH3 is 1. The van der Waals surface area contributed by atoms with Crippen LogP contribution < -0.4 is 11.1 Å². The third-order valence-corrected chi connectivity index (χ3v) is 4.89. The van der Waals surface area contributed by atoms with Crippen LogP contribution in [0.3, 0.4) is 0 Å². The maximum atomic E-state index is 12.4. The first-order valence-corrected chi connectivity index (χ1v) is 9.01. The molecule has 3 aromatic rings. The van der Waals surface area contributed by atoms with Gasteiger partial charge in [0.1, 0.15) is 5.70 Å². The molecule has 0 aliphatic rings. The number of hydrogen-bond donors (Lipinski definition) is 2. The topological polar surface area (TPSA) is 81.4 Å². The highest BCUT2D eigenvalue weighted by atomic mass is 32.1. The Labute approximate surface area is 161 Å². The summed E-state index contributed by atoms with van der Waals surface area (Å²) >= 11 is 1.46. The fraction of sp³-hybridized carbons (Fsp3) is 0.0476. The molecule has 0 saturated carbocycles. The number of hydrogen-bond acceptors (Lipinski definition) is 5. The minimum absolute atomic E-state index is 0.0702. The molecule has 5 nitrogen and oxygen atoms in total. The standard InChI is InChI=1S/C21H18N2O3S/c1-26-21(25)18(23-20(24)14-7-3-2-4-8-14)13-15-11-12-19(27-15)16-9-5-6-10-17(16)22/h2-13H,22H2,1H3,(H,23,24)/b18-13-. The molecule has 1 heterocycles. The van der Waals surface area contributed by atoms with Crippen LogP contribution >= 0.6 is 11.3 Å². The predicted molar refractivity (Wildman–Crippen MR) is 108 cm³/mol. The number of carbonyl (C=O) groups excluding carboxylic acids is 2. The Hall–Kier alpha value is -3.38. The van der Waals surface area contributed by atoms with Crippen molar-refractivity contribution in [3.05, 3.63) is 82.9 Å². The first-order valence-electron chi connectivity index (χ1n) is 8.19. The second-order valence-electron chi connectivity index (χ2n) is 5.66. The molecular formula is C21H18N2O3S. The minimum Gasteiger partial charge on any atom is -0.464 e. The Morgan fingerprint density at radius 3 is 2.41 bits per heavy atom. The number of para-hydroxylation sites is 1. The number of nitrogen functional groups attached to an aromatic ring is 1. The molecular weight excluding hydrogens is 360 g/mol. The van der Waals surface area contributed by atoms with Crippen LogP contribution in [0.15, 0.2) is 72.4 Å². The largest absolute Gasteiger partial charge is 0.464 e. The average Bonchev–Trinajstić information content (AvgIpc) is 3.16. The lowest BCUT2D eigenvalue weighted by Crippen LogP contribution is -2.27. The Morgan fingerprint density at radius 1 is 1.00 bits per heavy atom. The molecule has 3 rings (SSSR count). The normalized spacial score (nSPS) is 11.1. The Balaban J connectivity index is 1.88. The van der Waals surface area contributed by atoms with Gasteiger partial charge in [-0.3, -0.25) is 4.79 Å². The number of amides is 1.